The van der Waals surface area contributed by atoms with Gasteiger partial charge in [0.1, 0.15) is 0 Å². The molecule has 106 valence electrons. The molecule has 19 heavy (non-hydrogen) atoms. The molecule has 0 spiro atoms. The number of nitrogens with two attached hydrogens (primary N) is 1. The Bertz CT molecular complexity index is 438. The van der Waals surface area contributed by atoms with E-state index in [0.29, 0.717) is 25.4 Å². The molecule has 0 aliphatic heterocycles. The van der Waals surface area contributed by atoms with Crippen LogP contribution in [0.2, 0.25) is 0 Å². The minimum absolute atomic E-state index is 0.135. The van der Waals surface area contributed by atoms with E-state index in [4.69, 9.17) is 15.2 Å². The zero-order chi connectivity index (χ0) is 14.3. The van der Waals surface area contributed by atoms with Gasteiger partial charge in [-0.25, -0.2) is 4.39 Å². The number of benzene rings is 1. The molecule has 1 aromatic carbocycles. The molecule has 0 unspecified atom stereocenters. The molecule has 3 N–H and O–H groups in total. The maximum absolute atomic E-state index is 13.5. The third kappa shape index (κ3) is 4.65. The number of esters is 1. The number of hydrogen-bond acceptors (Lipinski definition) is 5. The van der Waals surface area contributed by atoms with Gasteiger partial charge in [-0.05, 0) is 13.8 Å². The predicted octanol–water partition coefficient (Wildman–Crippen LogP) is 2.17. The Balaban J connectivity index is 2.62. The van der Waals surface area contributed by atoms with Gasteiger partial charge in [0.05, 0.1) is 31.0 Å². The van der Waals surface area contributed by atoms with Crippen molar-refractivity contribution in [2.24, 2.45) is 0 Å². The van der Waals surface area contributed by atoms with Crippen molar-refractivity contribution >= 4 is 17.3 Å². The van der Waals surface area contributed by atoms with E-state index < -0.39 is 5.82 Å². The molecule has 0 aromatic heterocycles. The molecule has 1 rings (SSSR count). The minimum Gasteiger partial charge on any atom is -0.491 e. The molecular weight excluding hydrogens is 251 g/mol. The van der Waals surface area contributed by atoms with Gasteiger partial charge in [-0.1, -0.05) is 0 Å². The third-order valence-electron chi connectivity index (χ3n) is 2.35. The lowest BCUT2D eigenvalue weighted by Gasteiger charge is -2.12. The highest BCUT2D eigenvalue weighted by atomic mass is 19.1. The zero-order valence-electron chi connectivity index (χ0n) is 11.2. The van der Waals surface area contributed by atoms with Crippen LogP contribution in [0.15, 0.2) is 12.1 Å². The van der Waals surface area contributed by atoms with Crippen molar-refractivity contribution in [3.63, 3.8) is 0 Å². The van der Waals surface area contributed by atoms with Gasteiger partial charge >= 0.3 is 5.97 Å². The van der Waals surface area contributed by atoms with Crippen LogP contribution < -0.4 is 15.8 Å². The van der Waals surface area contributed by atoms with Crippen molar-refractivity contribution in [2.45, 2.75) is 20.3 Å². The average molecular weight is 270 g/mol. The first kappa shape index (κ1) is 15.1. The average Bonchev–Trinajstić information content (AvgIpc) is 2.35. The molecule has 0 amide bonds. The second-order valence-electron chi connectivity index (χ2n) is 3.78. The van der Waals surface area contributed by atoms with Gasteiger partial charge in [-0.3, -0.25) is 4.79 Å². The molecule has 0 atom stereocenters. The number of nitrogens with one attached hydrogen (secondary N) is 1. The van der Waals surface area contributed by atoms with Crippen LogP contribution in [0.3, 0.4) is 0 Å². The molecule has 5 nitrogen and oxygen atoms in total. The summed E-state index contributed by atoms with van der Waals surface area (Å²) >= 11 is 0. The van der Waals surface area contributed by atoms with E-state index in [1.54, 1.807) is 13.8 Å². The molecule has 0 saturated carbocycles. The van der Waals surface area contributed by atoms with Gasteiger partial charge < -0.3 is 20.5 Å². The van der Waals surface area contributed by atoms with E-state index in [2.05, 4.69) is 5.32 Å². The monoisotopic (exact) mass is 270 g/mol. The second kappa shape index (κ2) is 7.45. The van der Waals surface area contributed by atoms with Crippen LogP contribution in [-0.4, -0.2) is 25.7 Å². The Morgan fingerprint density at radius 2 is 2.11 bits per heavy atom. The molecular formula is C13H19FN2O3. The molecule has 6 heteroatoms. The van der Waals surface area contributed by atoms with Crippen LogP contribution in [0.5, 0.6) is 5.75 Å². The number of carbonyl (C=O) groups is 1. The second-order valence-corrected chi connectivity index (χ2v) is 3.78. The summed E-state index contributed by atoms with van der Waals surface area (Å²) in [5.41, 5.74) is 6.49. The minimum atomic E-state index is -0.504. The smallest absolute Gasteiger partial charge is 0.307 e. The number of halogens is 1. The maximum Gasteiger partial charge on any atom is 0.307 e. The molecule has 0 aliphatic rings. The number of ether oxygens (including phenoxy) is 2. The third-order valence-corrected chi connectivity index (χ3v) is 2.35. The van der Waals surface area contributed by atoms with Crippen LogP contribution in [0.25, 0.3) is 0 Å². The van der Waals surface area contributed by atoms with Crippen LogP contribution >= 0.6 is 0 Å². The van der Waals surface area contributed by atoms with E-state index >= 15 is 0 Å². The topological polar surface area (TPSA) is 73.6 Å². The van der Waals surface area contributed by atoms with Crippen molar-refractivity contribution in [2.75, 3.05) is 30.8 Å². The lowest BCUT2D eigenvalue weighted by molar-refractivity contribution is -0.142. The summed E-state index contributed by atoms with van der Waals surface area (Å²) < 4.78 is 23.4. The number of nitrogen functional groups attached to an aromatic ring is 1. The molecule has 0 aliphatic carbocycles. The van der Waals surface area contributed by atoms with Crippen LogP contribution in [0.1, 0.15) is 20.3 Å². The van der Waals surface area contributed by atoms with Crippen molar-refractivity contribution < 1.29 is 18.7 Å². The fourth-order valence-electron chi connectivity index (χ4n) is 1.52. The van der Waals surface area contributed by atoms with Gasteiger partial charge in [0.2, 0.25) is 0 Å². The number of rotatable bonds is 7. The Morgan fingerprint density at radius 3 is 2.74 bits per heavy atom. The first-order valence-corrected chi connectivity index (χ1v) is 6.19. The fraction of sp³-hybridized carbons (Fsp3) is 0.462. The summed E-state index contributed by atoms with van der Waals surface area (Å²) in [7, 11) is 0. The van der Waals surface area contributed by atoms with Crippen LogP contribution in [0.4, 0.5) is 15.8 Å². The summed E-state index contributed by atoms with van der Waals surface area (Å²) in [6.07, 6.45) is 0.217. The standard InChI is InChI=1S/C13H19FN2O3/c1-3-18-12-8-11(10(15)7-9(12)14)16-6-5-13(17)19-4-2/h7-8,16H,3-6,15H2,1-2H3. The normalized spacial score (nSPS) is 10.1. The summed E-state index contributed by atoms with van der Waals surface area (Å²) in [6.45, 7) is 4.59. The highest BCUT2D eigenvalue weighted by Gasteiger charge is 2.09. The Morgan fingerprint density at radius 1 is 1.37 bits per heavy atom. The quantitative estimate of drug-likeness (QED) is 0.587. The first-order chi connectivity index (χ1) is 9.08. The van der Waals surface area contributed by atoms with Gasteiger partial charge in [0, 0.05) is 18.7 Å². The highest BCUT2D eigenvalue weighted by Crippen LogP contribution is 2.28. The lowest BCUT2D eigenvalue weighted by atomic mass is 10.2. The highest BCUT2D eigenvalue weighted by molar-refractivity contribution is 5.72. The van der Waals surface area contributed by atoms with Gasteiger partial charge in [0.25, 0.3) is 0 Å². The Kier molecular flexibility index (Phi) is 5.92. The number of anilines is 2. The molecule has 0 fully saturated rings. The van der Waals surface area contributed by atoms with Gasteiger partial charge in [0.15, 0.2) is 11.6 Å². The molecule has 0 heterocycles. The zero-order valence-corrected chi connectivity index (χ0v) is 11.2. The fourth-order valence-corrected chi connectivity index (χ4v) is 1.52. The van der Waals surface area contributed by atoms with E-state index in [1.807, 2.05) is 0 Å². The molecule has 0 saturated heterocycles. The number of carbonyl (C=O) groups excluding carboxylic acids is 1. The van der Waals surface area contributed by atoms with Crippen LogP contribution in [0, 0.1) is 5.82 Å². The summed E-state index contributed by atoms with van der Waals surface area (Å²) in [5, 5.41) is 2.96. The van der Waals surface area contributed by atoms with Gasteiger partial charge in [-0.15, -0.1) is 0 Å². The van der Waals surface area contributed by atoms with Gasteiger partial charge in [-0.2, -0.15) is 0 Å². The van der Waals surface area contributed by atoms with E-state index in [-0.39, 0.29) is 23.8 Å². The molecule has 0 bridgehead atoms. The summed E-state index contributed by atoms with van der Waals surface area (Å²) in [6, 6.07) is 2.68. The number of hydrogen-bond donors (Lipinski definition) is 2. The molecule has 0 radical (unpaired) electrons. The first-order valence-electron chi connectivity index (χ1n) is 6.19. The van der Waals surface area contributed by atoms with Crippen LogP contribution in [-0.2, 0) is 9.53 Å². The summed E-state index contributed by atoms with van der Waals surface area (Å²) in [4.78, 5) is 11.2. The lowest BCUT2D eigenvalue weighted by Crippen LogP contribution is -2.12. The largest absolute Gasteiger partial charge is 0.491 e. The van der Waals surface area contributed by atoms with E-state index in [0.717, 1.165) is 0 Å². The van der Waals surface area contributed by atoms with E-state index in [1.165, 1.54) is 12.1 Å². The molecule has 1 aromatic rings. The van der Waals surface area contributed by atoms with Crippen molar-refractivity contribution in [1.82, 2.24) is 0 Å². The Labute approximate surface area is 111 Å². The van der Waals surface area contributed by atoms with E-state index in [9.17, 15) is 9.18 Å². The summed E-state index contributed by atoms with van der Waals surface area (Å²) in [5.74, 6) is -0.661. The van der Waals surface area contributed by atoms with Crippen molar-refractivity contribution in [3.8, 4) is 5.75 Å². The SMILES string of the molecule is CCOC(=O)CCNc1cc(OCC)c(F)cc1N. The van der Waals surface area contributed by atoms with Crippen molar-refractivity contribution in [1.29, 1.82) is 0 Å². The predicted molar refractivity (Wildman–Crippen MR) is 71.7 cm³/mol. The van der Waals surface area contributed by atoms with Crippen molar-refractivity contribution in [3.05, 3.63) is 17.9 Å². The Hall–Kier alpha value is -1.98. The maximum atomic E-state index is 13.5.